The van der Waals surface area contributed by atoms with Gasteiger partial charge in [0.05, 0.1) is 0 Å². The molecule has 3 amide bonds. The van der Waals surface area contributed by atoms with E-state index in [1.54, 1.807) is 25.1 Å². The molecule has 1 fully saturated rings. The minimum absolute atomic E-state index is 0.181. The number of hydrogen-bond acceptors (Lipinski definition) is 5. The summed E-state index contributed by atoms with van der Waals surface area (Å²) in [7, 11) is 0. The summed E-state index contributed by atoms with van der Waals surface area (Å²) in [6.07, 6.45) is 0. The second-order valence-corrected chi connectivity index (χ2v) is 4.49. The smallest absolute Gasteiger partial charge is 0.255 e. The molecule has 0 saturated carbocycles. The van der Waals surface area contributed by atoms with Crippen LogP contribution in [0.3, 0.4) is 0 Å². The number of nitrogens with two attached hydrogens (primary N) is 1. The fourth-order valence-corrected chi connectivity index (χ4v) is 1.86. The van der Waals surface area contributed by atoms with Gasteiger partial charge in [0.15, 0.2) is 0 Å². The third kappa shape index (κ3) is 3.12. The second-order valence-electron chi connectivity index (χ2n) is 4.49. The summed E-state index contributed by atoms with van der Waals surface area (Å²) in [6, 6.07) is 5.06. The van der Waals surface area contributed by atoms with E-state index in [0.717, 1.165) is 10.5 Å². The summed E-state index contributed by atoms with van der Waals surface area (Å²) in [6.45, 7) is 1.13. The van der Waals surface area contributed by atoms with Crippen LogP contribution in [0.1, 0.15) is 5.56 Å². The standard InChI is InChI=1S/C13H15N3O4/c1-8-4-9(14)2-3-10(8)15-11(17)5-16-12(18)6-20-7-13(16)19/h2-4H,5-7,14H2,1H3,(H,15,17). The lowest BCUT2D eigenvalue weighted by atomic mass is 10.2. The normalized spacial score (nSPS) is 15.3. The van der Waals surface area contributed by atoms with E-state index in [1.165, 1.54) is 0 Å². The van der Waals surface area contributed by atoms with Crippen LogP contribution in [0.2, 0.25) is 0 Å². The number of nitrogen functional groups attached to an aromatic ring is 1. The number of rotatable bonds is 3. The molecule has 0 spiro atoms. The Morgan fingerprint density at radius 1 is 1.35 bits per heavy atom. The minimum atomic E-state index is -0.509. The lowest BCUT2D eigenvalue weighted by molar-refractivity contribution is -0.159. The number of carbonyl (C=O) groups excluding carboxylic acids is 3. The van der Waals surface area contributed by atoms with Crippen molar-refractivity contribution in [3.8, 4) is 0 Å². The molecule has 1 aromatic carbocycles. The van der Waals surface area contributed by atoms with Crippen LogP contribution in [-0.4, -0.2) is 42.4 Å². The van der Waals surface area contributed by atoms with E-state index in [1.807, 2.05) is 0 Å². The highest BCUT2D eigenvalue weighted by molar-refractivity contribution is 6.03. The van der Waals surface area contributed by atoms with Crippen molar-refractivity contribution < 1.29 is 19.1 Å². The largest absolute Gasteiger partial charge is 0.399 e. The van der Waals surface area contributed by atoms with Crippen LogP contribution in [0, 0.1) is 6.92 Å². The molecule has 1 saturated heterocycles. The molecule has 20 heavy (non-hydrogen) atoms. The molecule has 0 aliphatic carbocycles. The van der Waals surface area contributed by atoms with Crippen LogP contribution >= 0.6 is 0 Å². The van der Waals surface area contributed by atoms with Gasteiger partial charge in [0.2, 0.25) is 5.91 Å². The fourth-order valence-electron chi connectivity index (χ4n) is 1.86. The van der Waals surface area contributed by atoms with Crippen molar-refractivity contribution in [3.63, 3.8) is 0 Å². The van der Waals surface area contributed by atoms with Gasteiger partial charge in [0, 0.05) is 11.4 Å². The summed E-state index contributed by atoms with van der Waals surface area (Å²) in [5.74, 6) is -1.46. The molecule has 0 radical (unpaired) electrons. The van der Waals surface area contributed by atoms with Gasteiger partial charge in [-0.15, -0.1) is 0 Å². The van der Waals surface area contributed by atoms with Crippen LogP contribution in [0.15, 0.2) is 18.2 Å². The number of benzene rings is 1. The predicted molar refractivity (Wildman–Crippen MR) is 71.8 cm³/mol. The van der Waals surface area contributed by atoms with Crippen molar-refractivity contribution in [1.29, 1.82) is 0 Å². The Labute approximate surface area is 115 Å². The highest BCUT2D eigenvalue weighted by Crippen LogP contribution is 2.17. The zero-order valence-corrected chi connectivity index (χ0v) is 11.0. The number of carbonyl (C=O) groups is 3. The van der Waals surface area contributed by atoms with Crippen molar-refractivity contribution in [2.24, 2.45) is 0 Å². The Bertz CT molecular complexity index is 555. The minimum Gasteiger partial charge on any atom is -0.399 e. The van der Waals surface area contributed by atoms with Crippen LogP contribution in [0.4, 0.5) is 11.4 Å². The molecular formula is C13H15N3O4. The van der Waals surface area contributed by atoms with Crippen molar-refractivity contribution in [2.75, 3.05) is 30.8 Å². The Morgan fingerprint density at radius 2 is 2.00 bits per heavy atom. The number of ether oxygens (including phenoxy) is 1. The highest BCUT2D eigenvalue weighted by Gasteiger charge is 2.28. The molecule has 1 heterocycles. The number of amides is 3. The molecule has 0 atom stereocenters. The average Bonchev–Trinajstić information content (AvgIpc) is 2.37. The molecule has 7 nitrogen and oxygen atoms in total. The quantitative estimate of drug-likeness (QED) is 0.593. The average molecular weight is 277 g/mol. The number of anilines is 2. The van der Waals surface area contributed by atoms with Gasteiger partial charge in [-0.2, -0.15) is 0 Å². The molecule has 0 bridgehead atoms. The van der Waals surface area contributed by atoms with Gasteiger partial charge in [0.1, 0.15) is 19.8 Å². The van der Waals surface area contributed by atoms with Gasteiger partial charge < -0.3 is 15.8 Å². The molecule has 2 rings (SSSR count). The van der Waals surface area contributed by atoms with Crippen molar-refractivity contribution in [3.05, 3.63) is 23.8 Å². The van der Waals surface area contributed by atoms with E-state index in [2.05, 4.69) is 5.32 Å². The third-order valence-electron chi connectivity index (χ3n) is 2.88. The maximum Gasteiger partial charge on any atom is 0.255 e. The SMILES string of the molecule is Cc1cc(N)ccc1NC(=O)CN1C(=O)COCC1=O. The van der Waals surface area contributed by atoms with E-state index in [-0.39, 0.29) is 19.8 Å². The van der Waals surface area contributed by atoms with Gasteiger partial charge in [-0.1, -0.05) is 0 Å². The summed E-state index contributed by atoms with van der Waals surface area (Å²) in [4.78, 5) is 35.7. The summed E-state index contributed by atoms with van der Waals surface area (Å²) in [5, 5.41) is 2.64. The van der Waals surface area contributed by atoms with Crippen molar-refractivity contribution >= 4 is 29.1 Å². The number of nitrogens with zero attached hydrogens (tertiary/aromatic N) is 1. The molecular weight excluding hydrogens is 262 g/mol. The molecule has 1 aromatic rings. The Balaban J connectivity index is 2.01. The maximum absolute atomic E-state index is 11.9. The first-order chi connectivity index (χ1) is 9.47. The first-order valence-corrected chi connectivity index (χ1v) is 6.04. The summed E-state index contributed by atoms with van der Waals surface area (Å²) in [5.41, 5.74) is 7.61. The molecule has 1 aliphatic heterocycles. The van der Waals surface area contributed by atoms with E-state index < -0.39 is 17.7 Å². The summed E-state index contributed by atoms with van der Waals surface area (Å²) < 4.78 is 4.77. The van der Waals surface area contributed by atoms with Crippen LogP contribution in [0.5, 0.6) is 0 Å². The zero-order chi connectivity index (χ0) is 14.7. The number of aryl methyl sites for hydroxylation is 1. The highest BCUT2D eigenvalue weighted by atomic mass is 16.5. The molecule has 106 valence electrons. The van der Waals surface area contributed by atoms with Crippen molar-refractivity contribution in [2.45, 2.75) is 6.92 Å². The fraction of sp³-hybridized carbons (Fsp3) is 0.308. The lowest BCUT2D eigenvalue weighted by Crippen LogP contribution is -2.49. The van der Waals surface area contributed by atoms with Crippen LogP contribution < -0.4 is 11.1 Å². The van der Waals surface area contributed by atoms with E-state index in [0.29, 0.717) is 11.4 Å². The summed E-state index contributed by atoms with van der Waals surface area (Å²) >= 11 is 0. The Morgan fingerprint density at radius 3 is 2.60 bits per heavy atom. The van der Waals surface area contributed by atoms with Crippen LogP contribution in [0.25, 0.3) is 0 Å². The molecule has 1 aliphatic rings. The Kier molecular flexibility index (Phi) is 3.99. The number of hydrogen-bond donors (Lipinski definition) is 2. The van der Waals surface area contributed by atoms with Crippen molar-refractivity contribution in [1.82, 2.24) is 4.90 Å². The molecule has 0 aromatic heterocycles. The first-order valence-electron chi connectivity index (χ1n) is 6.04. The van der Waals surface area contributed by atoms with E-state index in [4.69, 9.17) is 10.5 Å². The Hall–Kier alpha value is -2.41. The van der Waals surface area contributed by atoms with E-state index >= 15 is 0 Å². The molecule has 3 N–H and O–H groups in total. The number of imide groups is 1. The monoisotopic (exact) mass is 277 g/mol. The van der Waals surface area contributed by atoms with Gasteiger partial charge in [-0.25, -0.2) is 0 Å². The van der Waals surface area contributed by atoms with Gasteiger partial charge in [0.25, 0.3) is 11.8 Å². The predicted octanol–water partition coefficient (Wildman–Crippen LogP) is -0.0989. The zero-order valence-electron chi connectivity index (χ0n) is 11.0. The van der Waals surface area contributed by atoms with Gasteiger partial charge in [-0.05, 0) is 30.7 Å². The second kappa shape index (κ2) is 5.70. The van der Waals surface area contributed by atoms with Crippen LogP contribution in [-0.2, 0) is 19.1 Å². The number of nitrogens with one attached hydrogen (secondary N) is 1. The van der Waals surface area contributed by atoms with E-state index in [9.17, 15) is 14.4 Å². The topological polar surface area (TPSA) is 102 Å². The first kappa shape index (κ1) is 14.0. The third-order valence-corrected chi connectivity index (χ3v) is 2.88. The molecule has 0 unspecified atom stereocenters. The molecule has 7 heteroatoms. The lowest BCUT2D eigenvalue weighted by Gasteiger charge is -2.24. The number of morpholine rings is 1. The van der Waals surface area contributed by atoms with Gasteiger partial charge >= 0.3 is 0 Å². The maximum atomic E-state index is 11.9. The van der Waals surface area contributed by atoms with Gasteiger partial charge in [-0.3, -0.25) is 19.3 Å².